The maximum atomic E-state index is 14.3. The van der Waals surface area contributed by atoms with Gasteiger partial charge in [0, 0.05) is 29.1 Å². The van der Waals surface area contributed by atoms with Crippen molar-refractivity contribution >= 4 is 0 Å². The molecule has 7 heteroatoms. The molecule has 0 fully saturated rings. The third-order valence-electron chi connectivity index (χ3n) is 3.57. The summed E-state index contributed by atoms with van der Waals surface area (Å²) in [7, 11) is 0. The number of aromatic nitrogens is 2. The molecule has 0 amide bonds. The van der Waals surface area contributed by atoms with Gasteiger partial charge < -0.3 is 9.84 Å². The van der Waals surface area contributed by atoms with E-state index in [9.17, 15) is 18.3 Å². The smallest absolute Gasteiger partial charge is 0.201 e. The van der Waals surface area contributed by atoms with Crippen molar-refractivity contribution in [3.05, 3.63) is 72.8 Å². The lowest BCUT2D eigenvalue weighted by Crippen LogP contribution is -2.00. The molecule has 0 aliphatic carbocycles. The van der Waals surface area contributed by atoms with Gasteiger partial charge in [0.1, 0.15) is 6.61 Å². The summed E-state index contributed by atoms with van der Waals surface area (Å²) in [5.74, 6) is -3.53. The number of hydrogen-bond donors (Lipinski definition) is 1. The normalized spacial score (nSPS) is 10.6. The molecule has 0 spiro atoms. The van der Waals surface area contributed by atoms with Gasteiger partial charge in [-0.25, -0.2) is 18.7 Å². The van der Waals surface area contributed by atoms with Crippen LogP contribution in [0.4, 0.5) is 13.2 Å². The van der Waals surface area contributed by atoms with E-state index in [2.05, 4.69) is 16.5 Å². The molecule has 0 saturated carbocycles. The van der Waals surface area contributed by atoms with Crippen molar-refractivity contribution in [3.8, 4) is 34.0 Å². The number of rotatable bonds is 5. The summed E-state index contributed by atoms with van der Waals surface area (Å²) < 4.78 is 46.8. The molecule has 3 rings (SSSR count). The second kappa shape index (κ2) is 7.26. The van der Waals surface area contributed by atoms with Gasteiger partial charge in [-0.2, -0.15) is 4.39 Å². The fourth-order valence-electron chi connectivity index (χ4n) is 2.28. The quantitative estimate of drug-likeness (QED) is 0.683. The number of halogens is 3. The Kier molecular flexibility index (Phi) is 4.88. The van der Waals surface area contributed by atoms with Crippen LogP contribution in [0.15, 0.2) is 55.4 Å². The van der Waals surface area contributed by atoms with Gasteiger partial charge in [0.25, 0.3) is 0 Å². The highest BCUT2D eigenvalue weighted by Gasteiger charge is 2.16. The standard InChI is InChI=1S/C19H13F3N2O2/c1-2-7-26-16-6-4-13(17(21)18(16)22)12-9-23-19(24-10-12)11-3-5-15(25)14(20)8-11/h2-6,8-10,25H,1,7H2. The molecule has 3 aromatic rings. The number of ether oxygens (including phenoxy) is 1. The van der Waals surface area contributed by atoms with Crippen molar-refractivity contribution in [2.24, 2.45) is 0 Å². The first-order valence-corrected chi connectivity index (χ1v) is 7.54. The summed E-state index contributed by atoms with van der Waals surface area (Å²) in [5, 5.41) is 9.21. The van der Waals surface area contributed by atoms with Crippen LogP contribution < -0.4 is 4.74 Å². The summed E-state index contributed by atoms with van der Waals surface area (Å²) in [6.45, 7) is 3.49. The highest BCUT2D eigenvalue weighted by Crippen LogP contribution is 2.30. The second-order valence-electron chi connectivity index (χ2n) is 5.30. The van der Waals surface area contributed by atoms with E-state index in [-0.39, 0.29) is 29.3 Å². The van der Waals surface area contributed by atoms with Crippen LogP contribution in [-0.2, 0) is 0 Å². The van der Waals surface area contributed by atoms with E-state index in [4.69, 9.17) is 4.74 Å². The molecule has 1 N–H and O–H groups in total. The highest BCUT2D eigenvalue weighted by atomic mass is 19.2. The first-order chi connectivity index (χ1) is 12.5. The first kappa shape index (κ1) is 17.5. The summed E-state index contributed by atoms with van der Waals surface area (Å²) >= 11 is 0. The summed E-state index contributed by atoms with van der Waals surface area (Å²) in [5.41, 5.74) is 0.559. The van der Waals surface area contributed by atoms with E-state index >= 15 is 0 Å². The van der Waals surface area contributed by atoms with Crippen LogP contribution in [0.3, 0.4) is 0 Å². The minimum atomic E-state index is -1.12. The third-order valence-corrected chi connectivity index (χ3v) is 3.57. The molecule has 2 aromatic carbocycles. The van der Waals surface area contributed by atoms with E-state index in [1.54, 1.807) is 0 Å². The van der Waals surface area contributed by atoms with Crippen LogP contribution in [0, 0.1) is 17.5 Å². The van der Waals surface area contributed by atoms with Crippen LogP contribution in [0.1, 0.15) is 0 Å². The highest BCUT2D eigenvalue weighted by molar-refractivity contribution is 5.65. The number of aromatic hydroxyl groups is 1. The van der Waals surface area contributed by atoms with Gasteiger partial charge in [0.05, 0.1) is 0 Å². The fraction of sp³-hybridized carbons (Fsp3) is 0.0526. The number of nitrogens with zero attached hydrogens (tertiary/aromatic N) is 2. The monoisotopic (exact) mass is 358 g/mol. The van der Waals surface area contributed by atoms with Gasteiger partial charge in [-0.3, -0.25) is 0 Å². The molecule has 0 radical (unpaired) electrons. The predicted octanol–water partition coefficient (Wildman–Crippen LogP) is 4.50. The van der Waals surface area contributed by atoms with Gasteiger partial charge in [0.2, 0.25) is 5.82 Å². The summed E-state index contributed by atoms with van der Waals surface area (Å²) in [4.78, 5) is 8.09. The Morgan fingerprint density at radius 1 is 1.00 bits per heavy atom. The van der Waals surface area contributed by atoms with E-state index in [0.29, 0.717) is 5.56 Å². The van der Waals surface area contributed by atoms with E-state index in [1.807, 2.05) is 0 Å². The van der Waals surface area contributed by atoms with Crippen LogP contribution in [0.2, 0.25) is 0 Å². The molecule has 1 aromatic heterocycles. The SMILES string of the molecule is C=CCOc1ccc(-c2cnc(-c3ccc(O)c(F)c3)nc2)c(F)c1F. The Morgan fingerprint density at radius 2 is 1.73 bits per heavy atom. The average Bonchev–Trinajstić information content (AvgIpc) is 2.65. The van der Waals surface area contributed by atoms with Crippen molar-refractivity contribution in [2.75, 3.05) is 6.61 Å². The largest absolute Gasteiger partial charge is 0.505 e. The average molecular weight is 358 g/mol. The fourth-order valence-corrected chi connectivity index (χ4v) is 2.28. The van der Waals surface area contributed by atoms with Crippen molar-refractivity contribution in [1.82, 2.24) is 9.97 Å². The lowest BCUT2D eigenvalue weighted by molar-refractivity contribution is 0.333. The Morgan fingerprint density at radius 3 is 2.38 bits per heavy atom. The first-order valence-electron chi connectivity index (χ1n) is 7.54. The molecule has 0 aliphatic heterocycles. The Labute approximate surface area is 147 Å². The predicted molar refractivity (Wildman–Crippen MR) is 90.1 cm³/mol. The summed E-state index contributed by atoms with van der Waals surface area (Å²) in [6, 6.07) is 6.37. The molecule has 0 unspecified atom stereocenters. The minimum absolute atomic E-state index is 0.0307. The topological polar surface area (TPSA) is 55.2 Å². The van der Waals surface area contributed by atoms with E-state index in [1.165, 1.54) is 42.7 Å². The molecule has 132 valence electrons. The second-order valence-corrected chi connectivity index (χ2v) is 5.30. The summed E-state index contributed by atoms with van der Waals surface area (Å²) in [6.07, 6.45) is 4.02. The Bertz CT molecular complexity index is 960. The van der Waals surface area contributed by atoms with Crippen LogP contribution in [0.25, 0.3) is 22.5 Å². The zero-order valence-corrected chi connectivity index (χ0v) is 13.4. The zero-order chi connectivity index (χ0) is 18.7. The van der Waals surface area contributed by atoms with Gasteiger partial charge in [-0.05, 0) is 30.3 Å². The van der Waals surface area contributed by atoms with Crippen LogP contribution in [0.5, 0.6) is 11.5 Å². The molecule has 0 bridgehead atoms. The molecule has 1 heterocycles. The third kappa shape index (κ3) is 3.37. The van der Waals surface area contributed by atoms with E-state index < -0.39 is 23.2 Å². The zero-order valence-electron chi connectivity index (χ0n) is 13.4. The van der Waals surface area contributed by atoms with Crippen molar-refractivity contribution in [1.29, 1.82) is 0 Å². The molecular formula is C19H13F3N2O2. The minimum Gasteiger partial charge on any atom is -0.505 e. The lowest BCUT2D eigenvalue weighted by atomic mass is 10.1. The van der Waals surface area contributed by atoms with Gasteiger partial charge >= 0.3 is 0 Å². The van der Waals surface area contributed by atoms with Gasteiger partial charge in [0.15, 0.2) is 29.0 Å². The number of phenolic OH excluding ortho intramolecular Hbond substituents is 1. The van der Waals surface area contributed by atoms with Crippen molar-refractivity contribution in [2.45, 2.75) is 0 Å². The lowest BCUT2D eigenvalue weighted by Gasteiger charge is -2.09. The number of phenols is 1. The molecule has 4 nitrogen and oxygen atoms in total. The van der Waals surface area contributed by atoms with Crippen LogP contribution >= 0.6 is 0 Å². The van der Waals surface area contributed by atoms with Gasteiger partial charge in [-0.15, -0.1) is 0 Å². The molecule has 26 heavy (non-hydrogen) atoms. The Hall–Kier alpha value is -3.35. The maximum absolute atomic E-state index is 14.3. The molecule has 0 aliphatic rings. The van der Waals surface area contributed by atoms with Crippen molar-refractivity contribution < 1.29 is 23.0 Å². The van der Waals surface area contributed by atoms with Crippen LogP contribution in [-0.4, -0.2) is 21.7 Å². The van der Waals surface area contributed by atoms with Crippen molar-refractivity contribution in [3.63, 3.8) is 0 Å². The van der Waals surface area contributed by atoms with Gasteiger partial charge in [-0.1, -0.05) is 12.7 Å². The Balaban J connectivity index is 1.92. The van der Waals surface area contributed by atoms with E-state index in [0.717, 1.165) is 6.07 Å². The number of benzene rings is 2. The molecule has 0 saturated heterocycles. The molecular weight excluding hydrogens is 345 g/mol. The molecule has 0 atom stereocenters. The number of hydrogen-bond acceptors (Lipinski definition) is 4. The maximum Gasteiger partial charge on any atom is 0.201 e.